The molecule has 2 fully saturated rings. The van der Waals surface area contributed by atoms with Crippen LogP contribution in [0.2, 0.25) is 19.6 Å². The van der Waals surface area contributed by atoms with Gasteiger partial charge in [0, 0.05) is 19.6 Å². The number of hydrogen-bond donors (Lipinski definition) is 0. The first-order valence-corrected chi connectivity index (χ1v) is 15.5. The lowest BCUT2D eigenvalue weighted by Crippen LogP contribution is -2.63. The lowest BCUT2D eigenvalue weighted by atomic mass is 9.82. The van der Waals surface area contributed by atoms with Crippen LogP contribution in [0.25, 0.3) is 5.57 Å². The van der Waals surface area contributed by atoms with Gasteiger partial charge in [-0.05, 0) is 49.7 Å². The Morgan fingerprint density at radius 2 is 1.91 bits per heavy atom. The third kappa shape index (κ3) is 5.20. The fraction of sp³-hybridized carbons (Fsp3) is 0.538. The zero-order valence-electron chi connectivity index (χ0n) is 20.7. The number of benzene rings is 1. The van der Waals surface area contributed by atoms with Crippen molar-refractivity contribution in [3.8, 4) is 0 Å². The summed E-state index contributed by atoms with van der Waals surface area (Å²) in [6.45, 7) is 16.4. The van der Waals surface area contributed by atoms with Gasteiger partial charge in [0.15, 0.2) is 8.32 Å². The average molecular weight is 485 g/mol. The number of β-lactam (4-membered cyclic amide) rings is 1. The van der Waals surface area contributed by atoms with E-state index in [9.17, 15) is 9.59 Å². The Labute approximate surface area is 203 Å². The standard InChI is InChI=1S/C26H36N2O5Si/c1-6-13-32-26(30)24-21(16-22-23(25(29)28(22)24)18(2)33-34(3,4)5)20-9-7-19(8-10-20)17-27-11-14-31-15-12-27/h6-10,18,22-23H,1,11-17H2,2-5H3/t18-,22?,23-/m1/s1. The average Bonchev–Trinajstić information content (AvgIpc) is 3.12. The summed E-state index contributed by atoms with van der Waals surface area (Å²) in [4.78, 5) is 30.2. The van der Waals surface area contributed by atoms with Crippen molar-refractivity contribution >= 4 is 25.8 Å². The summed E-state index contributed by atoms with van der Waals surface area (Å²) < 4.78 is 17.1. The Bertz CT molecular complexity index is 962. The first-order chi connectivity index (χ1) is 16.2. The molecule has 7 nitrogen and oxygen atoms in total. The van der Waals surface area contributed by atoms with Crippen molar-refractivity contribution in [3.63, 3.8) is 0 Å². The maximum atomic E-state index is 13.2. The summed E-state index contributed by atoms with van der Waals surface area (Å²) in [5.41, 5.74) is 3.41. The Balaban J connectivity index is 1.56. The van der Waals surface area contributed by atoms with Gasteiger partial charge in [-0.2, -0.15) is 0 Å². The highest BCUT2D eigenvalue weighted by Crippen LogP contribution is 2.48. The normalized spacial score (nSPS) is 24.0. The van der Waals surface area contributed by atoms with E-state index in [1.807, 2.05) is 6.92 Å². The molecule has 2 saturated heterocycles. The van der Waals surface area contributed by atoms with Crippen molar-refractivity contribution in [2.45, 2.75) is 51.7 Å². The molecule has 34 heavy (non-hydrogen) atoms. The maximum absolute atomic E-state index is 13.2. The Morgan fingerprint density at radius 1 is 1.24 bits per heavy atom. The zero-order valence-corrected chi connectivity index (χ0v) is 21.7. The molecule has 0 spiro atoms. The minimum Gasteiger partial charge on any atom is -0.457 e. The molecule has 0 radical (unpaired) electrons. The van der Waals surface area contributed by atoms with Crippen molar-refractivity contribution in [2.75, 3.05) is 32.9 Å². The molecule has 3 aliphatic heterocycles. The number of esters is 1. The third-order valence-electron chi connectivity index (χ3n) is 6.59. The lowest BCUT2D eigenvalue weighted by Gasteiger charge is -2.47. The van der Waals surface area contributed by atoms with E-state index in [0.29, 0.717) is 12.1 Å². The van der Waals surface area contributed by atoms with Gasteiger partial charge in [-0.25, -0.2) is 4.79 Å². The van der Waals surface area contributed by atoms with Crippen LogP contribution in [0.1, 0.15) is 24.5 Å². The Hall–Kier alpha value is -2.26. The summed E-state index contributed by atoms with van der Waals surface area (Å²) in [6.07, 6.45) is 1.98. The number of ether oxygens (including phenoxy) is 2. The molecule has 0 aliphatic carbocycles. The van der Waals surface area contributed by atoms with Crippen LogP contribution in [-0.4, -0.2) is 75.0 Å². The van der Waals surface area contributed by atoms with E-state index in [4.69, 9.17) is 13.9 Å². The molecule has 0 saturated carbocycles. The SMILES string of the molecule is C=CCOC(=O)C1=C(c2ccc(CN3CCOCC3)cc2)CC2[C@@H]([C@@H](C)O[Si](C)(C)C)C(=O)N12. The second-order valence-electron chi connectivity index (χ2n) is 10.2. The van der Waals surface area contributed by atoms with Gasteiger partial charge < -0.3 is 18.8 Å². The minimum absolute atomic E-state index is 0.0553. The topological polar surface area (TPSA) is 68.3 Å². The Morgan fingerprint density at radius 3 is 2.53 bits per heavy atom. The largest absolute Gasteiger partial charge is 0.457 e. The van der Waals surface area contributed by atoms with Gasteiger partial charge in [0.25, 0.3) is 0 Å². The number of carbonyl (C=O) groups is 2. The van der Waals surface area contributed by atoms with Crippen LogP contribution in [-0.2, 0) is 30.0 Å². The number of nitrogens with zero attached hydrogens (tertiary/aromatic N) is 2. The van der Waals surface area contributed by atoms with Crippen LogP contribution >= 0.6 is 0 Å². The lowest BCUT2D eigenvalue weighted by molar-refractivity contribution is -0.161. The molecule has 1 aromatic rings. The van der Waals surface area contributed by atoms with Crippen LogP contribution in [0, 0.1) is 5.92 Å². The number of amides is 1. The quantitative estimate of drug-likeness (QED) is 0.232. The molecule has 1 aromatic carbocycles. The molecule has 3 aliphatic rings. The first kappa shape index (κ1) is 24.8. The van der Waals surface area contributed by atoms with Crippen molar-refractivity contribution in [3.05, 3.63) is 53.7 Å². The first-order valence-electron chi connectivity index (χ1n) is 12.1. The highest BCUT2D eigenvalue weighted by molar-refractivity contribution is 6.69. The number of hydrogen-bond acceptors (Lipinski definition) is 6. The fourth-order valence-corrected chi connectivity index (χ4v) is 6.43. The summed E-state index contributed by atoms with van der Waals surface area (Å²) >= 11 is 0. The molecule has 3 heterocycles. The van der Waals surface area contributed by atoms with E-state index in [0.717, 1.165) is 44.0 Å². The third-order valence-corrected chi connectivity index (χ3v) is 7.67. The molecule has 1 unspecified atom stereocenters. The molecule has 0 bridgehead atoms. The van der Waals surface area contributed by atoms with Gasteiger partial charge in [-0.15, -0.1) is 0 Å². The van der Waals surface area contributed by atoms with Crippen LogP contribution < -0.4 is 0 Å². The van der Waals surface area contributed by atoms with Gasteiger partial charge in [0.05, 0.1) is 31.3 Å². The highest BCUT2D eigenvalue weighted by atomic mass is 28.4. The predicted octanol–water partition coefficient (Wildman–Crippen LogP) is 3.43. The van der Waals surface area contributed by atoms with Gasteiger partial charge in [0.1, 0.15) is 12.3 Å². The van der Waals surface area contributed by atoms with Gasteiger partial charge in [-0.1, -0.05) is 36.9 Å². The number of fused-ring (bicyclic) bond motifs is 1. The summed E-state index contributed by atoms with van der Waals surface area (Å²) in [5.74, 6) is -0.771. The maximum Gasteiger partial charge on any atom is 0.355 e. The van der Waals surface area contributed by atoms with E-state index in [2.05, 4.69) is 55.4 Å². The van der Waals surface area contributed by atoms with Crippen molar-refractivity contribution in [1.82, 2.24) is 9.80 Å². The molecular weight excluding hydrogens is 448 g/mol. The molecule has 3 atom stereocenters. The molecule has 1 amide bonds. The number of carbonyl (C=O) groups excluding carboxylic acids is 2. The smallest absolute Gasteiger partial charge is 0.355 e. The molecular formula is C26H36N2O5Si. The monoisotopic (exact) mass is 484 g/mol. The van der Waals surface area contributed by atoms with Crippen LogP contribution in [0.15, 0.2) is 42.6 Å². The zero-order chi connectivity index (χ0) is 24.5. The van der Waals surface area contributed by atoms with E-state index < -0.39 is 14.3 Å². The number of rotatable bonds is 9. The molecule has 0 N–H and O–H groups in total. The van der Waals surface area contributed by atoms with Gasteiger partial charge >= 0.3 is 5.97 Å². The van der Waals surface area contributed by atoms with E-state index in [-0.39, 0.29) is 30.6 Å². The van der Waals surface area contributed by atoms with E-state index >= 15 is 0 Å². The second kappa shape index (κ2) is 10.2. The predicted molar refractivity (Wildman–Crippen MR) is 133 cm³/mol. The van der Waals surface area contributed by atoms with E-state index in [1.165, 1.54) is 11.6 Å². The van der Waals surface area contributed by atoms with Crippen molar-refractivity contribution in [1.29, 1.82) is 0 Å². The van der Waals surface area contributed by atoms with Crippen molar-refractivity contribution < 1.29 is 23.5 Å². The van der Waals surface area contributed by atoms with E-state index in [1.54, 1.807) is 4.90 Å². The highest BCUT2D eigenvalue weighted by Gasteiger charge is 2.57. The minimum atomic E-state index is -1.80. The molecule has 8 heteroatoms. The molecule has 4 rings (SSSR count). The summed E-state index contributed by atoms with van der Waals surface area (Å²) in [7, 11) is -1.80. The van der Waals surface area contributed by atoms with Crippen LogP contribution in [0.4, 0.5) is 0 Å². The Kier molecular flexibility index (Phi) is 7.42. The van der Waals surface area contributed by atoms with Gasteiger partial charge in [0.2, 0.25) is 5.91 Å². The van der Waals surface area contributed by atoms with Gasteiger partial charge in [-0.3, -0.25) is 9.69 Å². The van der Waals surface area contributed by atoms with Crippen LogP contribution in [0.5, 0.6) is 0 Å². The summed E-state index contributed by atoms with van der Waals surface area (Å²) in [6, 6.07) is 8.25. The summed E-state index contributed by atoms with van der Waals surface area (Å²) in [5, 5.41) is 0. The fourth-order valence-electron chi connectivity index (χ4n) is 5.17. The van der Waals surface area contributed by atoms with Crippen LogP contribution in [0.3, 0.4) is 0 Å². The number of morpholine rings is 1. The molecule has 0 aromatic heterocycles. The second-order valence-corrected chi connectivity index (χ2v) is 14.7. The van der Waals surface area contributed by atoms with Crippen molar-refractivity contribution in [2.24, 2.45) is 5.92 Å². The molecule has 184 valence electrons.